The number of halogens is 1. The molecular formula is C20H29IN6O. The minimum absolute atomic E-state index is 0. The Hall–Kier alpha value is -2.10. The lowest BCUT2D eigenvalue weighted by atomic mass is 10.1. The Morgan fingerprint density at radius 1 is 1.18 bits per heavy atom. The third-order valence-corrected chi connectivity index (χ3v) is 4.74. The first-order chi connectivity index (χ1) is 13.1. The van der Waals surface area contributed by atoms with Crippen molar-refractivity contribution in [2.45, 2.75) is 46.7 Å². The quantitative estimate of drug-likeness (QED) is 0.225. The van der Waals surface area contributed by atoms with Gasteiger partial charge in [0.2, 0.25) is 0 Å². The highest BCUT2D eigenvalue weighted by atomic mass is 127. The van der Waals surface area contributed by atoms with Crippen molar-refractivity contribution >= 4 is 40.9 Å². The number of aromatic nitrogens is 3. The van der Waals surface area contributed by atoms with Crippen LogP contribution in [0.1, 0.15) is 42.7 Å². The predicted octanol–water partition coefficient (Wildman–Crippen LogP) is 3.83. The van der Waals surface area contributed by atoms with Crippen molar-refractivity contribution in [1.82, 2.24) is 25.4 Å². The molecule has 1 aromatic carbocycles. The van der Waals surface area contributed by atoms with E-state index in [0.29, 0.717) is 13.1 Å². The van der Waals surface area contributed by atoms with E-state index in [-0.39, 0.29) is 24.0 Å². The van der Waals surface area contributed by atoms with Gasteiger partial charge in [0.15, 0.2) is 11.8 Å². The molecule has 2 N–H and O–H groups in total. The van der Waals surface area contributed by atoms with Gasteiger partial charge in [-0.1, -0.05) is 31.5 Å². The summed E-state index contributed by atoms with van der Waals surface area (Å²) in [5, 5.41) is 16.2. The molecule has 0 spiro atoms. The molecule has 8 heteroatoms. The molecule has 0 aliphatic carbocycles. The van der Waals surface area contributed by atoms with Gasteiger partial charge in [-0.05, 0) is 26.3 Å². The van der Waals surface area contributed by atoms with Crippen LogP contribution in [0.25, 0.3) is 11.0 Å². The van der Waals surface area contributed by atoms with E-state index in [1.54, 1.807) is 0 Å². The summed E-state index contributed by atoms with van der Waals surface area (Å²) in [6, 6.07) is 8.11. The summed E-state index contributed by atoms with van der Waals surface area (Å²) in [5.74, 6) is 3.40. The van der Waals surface area contributed by atoms with Crippen molar-refractivity contribution in [3.8, 4) is 0 Å². The van der Waals surface area contributed by atoms with Crippen LogP contribution in [-0.4, -0.2) is 27.3 Å². The number of benzene rings is 1. The van der Waals surface area contributed by atoms with Crippen LogP contribution in [0.4, 0.5) is 0 Å². The minimum Gasteiger partial charge on any atom is -0.459 e. The molecule has 0 radical (unpaired) electrons. The van der Waals surface area contributed by atoms with Crippen molar-refractivity contribution in [2.75, 3.05) is 6.54 Å². The van der Waals surface area contributed by atoms with Gasteiger partial charge in [0, 0.05) is 24.5 Å². The smallest absolute Gasteiger partial charge is 0.192 e. The molecule has 3 rings (SSSR count). The number of para-hydroxylation sites is 1. The summed E-state index contributed by atoms with van der Waals surface area (Å²) in [4.78, 5) is 4.67. The maximum absolute atomic E-state index is 5.99. The SMILES string of the molecule is CCCCNC(=NCc1nnc(C)n1C)NCc1oc2ccccc2c1C.I. The van der Waals surface area contributed by atoms with E-state index in [1.807, 2.05) is 36.7 Å². The van der Waals surface area contributed by atoms with Crippen molar-refractivity contribution in [2.24, 2.45) is 12.0 Å². The summed E-state index contributed by atoms with van der Waals surface area (Å²) >= 11 is 0. The average Bonchev–Trinajstić information content (AvgIpc) is 3.17. The number of fused-ring (bicyclic) bond motifs is 1. The van der Waals surface area contributed by atoms with E-state index in [4.69, 9.17) is 4.42 Å². The molecule has 28 heavy (non-hydrogen) atoms. The molecule has 0 aliphatic rings. The Bertz CT molecular complexity index is 930. The molecule has 7 nitrogen and oxygen atoms in total. The van der Waals surface area contributed by atoms with Crippen molar-refractivity contribution < 1.29 is 4.42 Å². The molecule has 2 heterocycles. The second-order valence-electron chi connectivity index (χ2n) is 6.67. The first-order valence-corrected chi connectivity index (χ1v) is 9.44. The van der Waals surface area contributed by atoms with Gasteiger partial charge in [0.1, 0.15) is 23.7 Å². The number of aliphatic imine (C=N–C) groups is 1. The zero-order chi connectivity index (χ0) is 19.2. The molecule has 2 aromatic heterocycles. The zero-order valence-corrected chi connectivity index (χ0v) is 19.3. The molecule has 0 atom stereocenters. The largest absolute Gasteiger partial charge is 0.459 e. The number of guanidine groups is 1. The van der Waals surface area contributed by atoms with E-state index < -0.39 is 0 Å². The highest BCUT2D eigenvalue weighted by molar-refractivity contribution is 14.0. The van der Waals surface area contributed by atoms with Crippen LogP contribution >= 0.6 is 24.0 Å². The van der Waals surface area contributed by atoms with Crippen LogP contribution < -0.4 is 10.6 Å². The second kappa shape index (κ2) is 10.4. The molecular weight excluding hydrogens is 467 g/mol. The van der Waals surface area contributed by atoms with Gasteiger partial charge in [-0.15, -0.1) is 34.2 Å². The summed E-state index contributed by atoms with van der Waals surface area (Å²) in [6.45, 7) is 8.12. The molecule has 152 valence electrons. The number of aryl methyl sites for hydroxylation is 2. The van der Waals surface area contributed by atoms with Crippen molar-refractivity contribution in [3.63, 3.8) is 0 Å². The Balaban J connectivity index is 0.00000280. The van der Waals surface area contributed by atoms with Crippen molar-refractivity contribution in [3.05, 3.63) is 47.2 Å². The maximum Gasteiger partial charge on any atom is 0.192 e. The topological polar surface area (TPSA) is 80.3 Å². The fourth-order valence-corrected chi connectivity index (χ4v) is 2.85. The highest BCUT2D eigenvalue weighted by Crippen LogP contribution is 2.24. The van der Waals surface area contributed by atoms with Crippen LogP contribution in [0.2, 0.25) is 0 Å². The predicted molar refractivity (Wildman–Crippen MR) is 123 cm³/mol. The molecule has 0 unspecified atom stereocenters. The van der Waals surface area contributed by atoms with Gasteiger partial charge >= 0.3 is 0 Å². The maximum atomic E-state index is 5.99. The van der Waals surface area contributed by atoms with Gasteiger partial charge in [-0.3, -0.25) is 0 Å². The Morgan fingerprint density at radius 3 is 2.64 bits per heavy atom. The lowest BCUT2D eigenvalue weighted by molar-refractivity contribution is 0.534. The Kier molecular flexibility index (Phi) is 8.28. The molecule has 0 saturated carbocycles. The third kappa shape index (κ3) is 5.24. The summed E-state index contributed by atoms with van der Waals surface area (Å²) in [5.41, 5.74) is 2.08. The van der Waals surface area contributed by atoms with E-state index in [1.165, 1.54) is 0 Å². The number of hydrogen-bond donors (Lipinski definition) is 2. The summed E-state index contributed by atoms with van der Waals surface area (Å²) < 4.78 is 7.94. The third-order valence-electron chi connectivity index (χ3n) is 4.74. The number of unbranched alkanes of at least 4 members (excludes halogenated alkanes) is 1. The standard InChI is InChI=1S/C20H28N6O.HI/c1-5-6-11-21-20(23-13-19-25-24-15(3)26(19)4)22-12-18-14(2)16-9-7-8-10-17(16)27-18;/h7-10H,5-6,11-13H2,1-4H3,(H2,21,22,23);1H. The van der Waals surface area contributed by atoms with Crippen LogP contribution in [0.15, 0.2) is 33.7 Å². The lowest BCUT2D eigenvalue weighted by Crippen LogP contribution is -2.37. The van der Waals surface area contributed by atoms with Crippen LogP contribution in [0, 0.1) is 13.8 Å². The fraction of sp³-hybridized carbons (Fsp3) is 0.450. The van der Waals surface area contributed by atoms with Crippen LogP contribution in [0.3, 0.4) is 0 Å². The number of nitrogens with one attached hydrogen (secondary N) is 2. The highest BCUT2D eigenvalue weighted by Gasteiger charge is 2.11. The number of nitrogens with zero attached hydrogens (tertiary/aromatic N) is 4. The average molecular weight is 496 g/mol. The van der Waals surface area contributed by atoms with Crippen LogP contribution in [-0.2, 0) is 20.1 Å². The lowest BCUT2D eigenvalue weighted by Gasteiger charge is -2.12. The zero-order valence-electron chi connectivity index (χ0n) is 17.0. The minimum atomic E-state index is 0. The normalized spacial score (nSPS) is 11.5. The van der Waals surface area contributed by atoms with Gasteiger partial charge in [0.25, 0.3) is 0 Å². The number of furan rings is 1. The molecule has 0 bridgehead atoms. The van der Waals surface area contributed by atoms with E-state index in [0.717, 1.165) is 59.3 Å². The van der Waals surface area contributed by atoms with E-state index in [9.17, 15) is 0 Å². The van der Waals surface area contributed by atoms with Gasteiger partial charge in [-0.2, -0.15) is 0 Å². The first-order valence-electron chi connectivity index (χ1n) is 9.44. The molecule has 0 saturated heterocycles. The van der Waals surface area contributed by atoms with Gasteiger partial charge < -0.3 is 19.6 Å². The molecule has 0 amide bonds. The number of rotatable bonds is 7. The van der Waals surface area contributed by atoms with E-state index in [2.05, 4.69) is 45.7 Å². The molecule has 0 fully saturated rings. The second-order valence-corrected chi connectivity index (χ2v) is 6.67. The Morgan fingerprint density at radius 2 is 1.96 bits per heavy atom. The van der Waals surface area contributed by atoms with Gasteiger partial charge in [-0.25, -0.2) is 4.99 Å². The molecule has 3 aromatic rings. The molecule has 0 aliphatic heterocycles. The van der Waals surface area contributed by atoms with Crippen LogP contribution in [0.5, 0.6) is 0 Å². The van der Waals surface area contributed by atoms with Gasteiger partial charge in [0.05, 0.1) is 6.54 Å². The monoisotopic (exact) mass is 496 g/mol. The summed E-state index contributed by atoms with van der Waals surface area (Å²) in [6.07, 6.45) is 2.22. The fourth-order valence-electron chi connectivity index (χ4n) is 2.85. The first kappa shape index (κ1) is 22.2. The Labute approximate surface area is 183 Å². The van der Waals surface area contributed by atoms with E-state index >= 15 is 0 Å². The summed E-state index contributed by atoms with van der Waals surface area (Å²) in [7, 11) is 1.95. The number of hydrogen-bond acceptors (Lipinski definition) is 4. The van der Waals surface area contributed by atoms with Crippen molar-refractivity contribution in [1.29, 1.82) is 0 Å².